The number of aryl methyl sites for hydroxylation is 1. The van der Waals surface area contributed by atoms with Gasteiger partial charge in [-0.05, 0) is 25.1 Å². The zero-order valence-electron chi connectivity index (χ0n) is 12.2. The van der Waals surface area contributed by atoms with Gasteiger partial charge < -0.3 is 4.42 Å². The second kappa shape index (κ2) is 5.46. The molecule has 0 fully saturated rings. The van der Waals surface area contributed by atoms with Crippen molar-refractivity contribution in [2.45, 2.75) is 13.8 Å². The van der Waals surface area contributed by atoms with Crippen molar-refractivity contribution in [2.24, 2.45) is 9.39 Å². The van der Waals surface area contributed by atoms with Gasteiger partial charge in [-0.1, -0.05) is 6.92 Å². The van der Waals surface area contributed by atoms with Crippen molar-refractivity contribution in [3.63, 3.8) is 0 Å². The first-order chi connectivity index (χ1) is 10.8. The molecule has 3 rings (SSSR count). The number of rotatable bonds is 2. The van der Waals surface area contributed by atoms with Crippen LogP contribution in [0.2, 0.25) is 0 Å². The highest BCUT2D eigenvalue weighted by Crippen LogP contribution is 2.30. The molecule has 0 aromatic carbocycles. The molecule has 0 aliphatic carbocycles. The van der Waals surface area contributed by atoms with Crippen molar-refractivity contribution < 1.29 is 17.6 Å². The van der Waals surface area contributed by atoms with E-state index in [0.29, 0.717) is 11.5 Å². The van der Waals surface area contributed by atoms with Gasteiger partial charge in [-0.15, -0.1) is 0 Å². The molecule has 0 spiro atoms. The zero-order chi connectivity index (χ0) is 16.8. The summed E-state index contributed by atoms with van der Waals surface area (Å²) in [5.41, 5.74) is -0.0513. The first-order valence-corrected chi connectivity index (χ1v) is 9.04. The molecule has 0 radical (unpaired) electrons. The van der Waals surface area contributed by atoms with E-state index in [1.54, 1.807) is 19.1 Å². The molecule has 1 aromatic heterocycles. The number of furan rings is 1. The molecule has 1 aromatic rings. The van der Waals surface area contributed by atoms with Crippen molar-refractivity contribution in [2.75, 3.05) is 5.75 Å². The molecule has 10 heteroatoms. The summed E-state index contributed by atoms with van der Waals surface area (Å²) in [4.78, 5) is 17.0. The van der Waals surface area contributed by atoms with E-state index >= 15 is 0 Å². The molecule has 8 nitrogen and oxygen atoms in total. The lowest BCUT2D eigenvalue weighted by Crippen LogP contribution is -2.45. The summed E-state index contributed by atoms with van der Waals surface area (Å²) in [6.45, 7) is 3.24. The van der Waals surface area contributed by atoms with Gasteiger partial charge in [0.2, 0.25) is 20.2 Å². The van der Waals surface area contributed by atoms with E-state index < -0.39 is 15.7 Å². The molecule has 0 unspecified atom stereocenters. The van der Waals surface area contributed by atoms with Crippen LogP contribution in [0.15, 0.2) is 31.5 Å². The minimum Gasteiger partial charge on any atom is -0.462 e. The molecule has 1 N–H and O–H groups in total. The lowest BCUT2D eigenvalue weighted by atomic mass is 10.1. The molecule has 23 heavy (non-hydrogen) atoms. The molecule has 120 valence electrons. The van der Waals surface area contributed by atoms with Gasteiger partial charge in [-0.2, -0.15) is 9.39 Å². The Balaban J connectivity index is 2.05. The predicted molar refractivity (Wildman–Crippen MR) is 87.9 cm³/mol. The lowest BCUT2D eigenvalue weighted by Gasteiger charge is -2.24. The maximum Gasteiger partial charge on any atom is 0.283 e. The predicted octanol–water partition coefficient (Wildman–Crippen LogP) is 1.60. The fraction of sp³-hybridized carbons (Fsp3) is 0.231. The van der Waals surface area contributed by atoms with Gasteiger partial charge in [-0.3, -0.25) is 10.2 Å². The number of sulfone groups is 1. The van der Waals surface area contributed by atoms with Gasteiger partial charge >= 0.3 is 0 Å². The standard InChI is InChI=1S/C13H12N4O4S2/c1-3-23(19,20)13-16-22-12-15-11(18)9(10(14)17(12)13)6-8-5-4-7(2)21-8/h4-6,14H,3H2,1-2H3/b9-6-,14-10?. The number of nitrogens with zero attached hydrogens (tertiary/aromatic N) is 3. The largest absolute Gasteiger partial charge is 0.462 e. The van der Waals surface area contributed by atoms with Crippen molar-refractivity contribution in [1.82, 2.24) is 4.90 Å². The van der Waals surface area contributed by atoms with Crippen LogP contribution < -0.4 is 0 Å². The van der Waals surface area contributed by atoms with Crippen LogP contribution in [0.1, 0.15) is 18.4 Å². The number of amides is 1. The van der Waals surface area contributed by atoms with E-state index in [1.807, 2.05) is 0 Å². The third-order valence-electron chi connectivity index (χ3n) is 3.20. The second-order valence-electron chi connectivity index (χ2n) is 4.76. The average Bonchev–Trinajstić information content (AvgIpc) is 3.10. The van der Waals surface area contributed by atoms with Crippen molar-refractivity contribution in [1.29, 1.82) is 5.41 Å². The molecule has 0 saturated heterocycles. The van der Waals surface area contributed by atoms with E-state index in [9.17, 15) is 13.2 Å². The Morgan fingerprint density at radius 1 is 1.43 bits per heavy atom. The van der Waals surface area contributed by atoms with Gasteiger partial charge in [0.1, 0.15) is 17.4 Å². The van der Waals surface area contributed by atoms with E-state index in [-0.39, 0.29) is 27.5 Å². The zero-order valence-corrected chi connectivity index (χ0v) is 13.9. The number of carbonyl (C=O) groups excluding carboxylic acids is 1. The van der Waals surface area contributed by atoms with Crippen LogP contribution in [0.3, 0.4) is 0 Å². The summed E-state index contributed by atoms with van der Waals surface area (Å²) in [5.74, 6) is -0.0299. The van der Waals surface area contributed by atoms with Gasteiger partial charge in [0.15, 0.2) is 0 Å². The topological polar surface area (TPSA) is 116 Å². The molecule has 2 aliphatic heterocycles. The van der Waals surface area contributed by atoms with Crippen LogP contribution in [0.4, 0.5) is 0 Å². The summed E-state index contributed by atoms with van der Waals surface area (Å²) in [6.07, 6.45) is 1.37. The molecule has 3 heterocycles. The first-order valence-electron chi connectivity index (χ1n) is 6.61. The Hall–Kier alpha value is -2.20. The van der Waals surface area contributed by atoms with Gasteiger partial charge in [0.25, 0.3) is 5.91 Å². The maximum atomic E-state index is 12.1. The van der Waals surface area contributed by atoms with E-state index in [0.717, 1.165) is 16.8 Å². The Labute approximate surface area is 136 Å². The Morgan fingerprint density at radius 3 is 2.78 bits per heavy atom. The van der Waals surface area contributed by atoms with Crippen LogP contribution in [0, 0.1) is 12.3 Å². The summed E-state index contributed by atoms with van der Waals surface area (Å²) < 4.78 is 33.4. The number of nitrogens with one attached hydrogen (secondary N) is 1. The summed E-state index contributed by atoms with van der Waals surface area (Å²) in [6, 6.07) is 3.37. The van der Waals surface area contributed by atoms with Crippen molar-refractivity contribution in [3.8, 4) is 0 Å². The van der Waals surface area contributed by atoms with Crippen LogP contribution >= 0.6 is 11.9 Å². The van der Waals surface area contributed by atoms with E-state index in [2.05, 4.69) is 9.39 Å². The van der Waals surface area contributed by atoms with Crippen molar-refractivity contribution in [3.05, 3.63) is 29.2 Å². The second-order valence-corrected chi connectivity index (χ2v) is 7.66. The van der Waals surface area contributed by atoms with Gasteiger partial charge in [-0.25, -0.2) is 13.3 Å². The van der Waals surface area contributed by atoms with E-state index in [1.165, 1.54) is 13.0 Å². The quantitative estimate of drug-likeness (QED) is 0.638. The molecular formula is C13H12N4O4S2. The fourth-order valence-electron chi connectivity index (χ4n) is 2.00. The number of fused-ring (bicyclic) bond motifs is 1. The number of carbonyl (C=O) groups is 1. The fourth-order valence-corrected chi connectivity index (χ4v) is 3.96. The van der Waals surface area contributed by atoms with Crippen LogP contribution in [-0.4, -0.2) is 41.1 Å². The molecular weight excluding hydrogens is 340 g/mol. The SMILES string of the molecule is CCS(=O)(=O)C1=NSC2=NC(=O)/C(=C\c3ccc(C)o3)C(=N)N21. The number of hydrogen-bond donors (Lipinski definition) is 1. The molecule has 1 amide bonds. The Kier molecular flexibility index (Phi) is 3.72. The van der Waals surface area contributed by atoms with Crippen LogP contribution in [0.5, 0.6) is 0 Å². The number of aliphatic imine (C=N–C) groups is 1. The summed E-state index contributed by atoms with van der Waals surface area (Å²) >= 11 is 0.769. The minimum atomic E-state index is -3.64. The van der Waals surface area contributed by atoms with Crippen LogP contribution in [0.25, 0.3) is 6.08 Å². The highest BCUT2D eigenvalue weighted by molar-refractivity contribution is 8.16. The average molecular weight is 352 g/mol. The highest BCUT2D eigenvalue weighted by atomic mass is 32.2. The Morgan fingerprint density at radius 2 is 2.17 bits per heavy atom. The summed E-state index contributed by atoms with van der Waals surface area (Å²) in [7, 11) is -3.64. The number of hydrogen-bond acceptors (Lipinski definition) is 7. The number of amidine groups is 3. The van der Waals surface area contributed by atoms with Crippen molar-refractivity contribution >= 4 is 49.9 Å². The Bertz CT molecular complexity index is 908. The lowest BCUT2D eigenvalue weighted by molar-refractivity contribution is -0.114. The molecule has 2 aliphatic rings. The monoisotopic (exact) mass is 352 g/mol. The minimum absolute atomic E-state index is 0.0513. The van der Waals surface area contributed by atoms with Gasteiger partial charge in [0, 0.05) is 0 Å². The van der Waals surface area contributed by atoms with E-state index in [4.69, 9.17) is 9.83 Å². The molecule has 0 atom stereocenters. The molecule has 0 bridgehead atoms. The molecule has 0 saturated carbocycles. The maximum absolute atomic E-state index is 12.1. The van der Waals surface area contributed by atoms with Gasteiger partial charge in [0.05, 0.1) is 23.3 Å². The third kappa shape index (κ3) is 2.63. The third-order valence-corrected chi connectivity index (χ3v) is 5.61. The smallest absolute Gasteiger partial charge is 0.283 e. The first kappa shape index (κ1) is 15.7. The normalized spacial score (nSPS) is 19.9. The highest BCUT2D eigenvalue weighted by Gasteiger charge is 2.42. The van der Waals surface area contributed by atoms with Crippen LogP contribution in [-0.2, 0) is 14.6 Å². The summed E-state index contributed by atoms with van der Waals surface area (Å²) in [5, 5.41) is 8.00.